The zero-order chi connectivity index (χ0) is 11.4. The van der Waals surface area contributed by atoms with Gasteiger partial charge in [-0.15, -0.1) is 5.10 Å². The molecule has 1 aliphatic rings. The van der Waals surface area contributed by atoms with Crippen LogP contribution < -0.4 is 11.1 Å². The second-order valence-electron chi connectivity index (χ2n) is 4.65. The summed E-state index contributed by atoms with van der Waals surface area (Å²) in [6, 6.07) is 2.36. The number of nitrogens with one attached hydrogen (secondary N) is 1. The molecule has 0 aromatic carbocycles. The van der Waals surface area contributed by atoms with Crippen molar-refractivity contribution in [2.45, 2.75) is 38.6 Å². The molecule has 16 heavy (non-hydrogen) atoms. The third-order valence-corrected chi connectivity index (χ3v) is 3.35. The highest BCUT2D eigenvalue weighted by molar-refractivity contribution is 5.36. The second kappa shape index (κ2) is 5.25. The van der Waals surface area contributed by atoms with E-state index in [-0.39, 0.29) is 0 Å². The van der Waals surface area contributed by atoms with Crippen molar-refractivity contribution in [2.75, 3.05) is 11.9 Å². The van der Waals surface area contributed by atoms with Crippen LogP contribution in [0.2, 0.25) is 0 Å². The van der Waals surface area contributed by atoms with Crippen LogP contribution in [0.4, 0.5) is 5.82 Å². The molecule has 0 aliphatic heterocycles. The maximum absolute atomic E-state index is 5.83. The summed E-state index contributed by atoms with van der Waals surface area (Å²) in [6.45, 7) is 2.69. The largest absolute Gasteiger partial charge is 0.364 e. The smallest absolute Gasteiger partial charge is 0.149 e. The Bertz CT molecular complexity index is 334. The molecule has 0 bridgehead atoms. The molecule has 0 amide bonds. The van der Waals surface area contributed by atoms with Gasteiger partial charge in [0.25, 0.3) is 0 Å². The molecule has 4 heteroatoms. The van der Waals surface area contributed by atoms with E-state index >= 15 is 0 Å². The van der Waals surface area contributed by atoms with Gasteiger partial charge in [-0.3, -0.25) is 0 Å². The van der Waals surface area contributed by atoms with Crippen LogP contribution in [0, 0.1) is 12.8 Å². The van der Waals surface area contributed by atoms with E-state index in [1.54, 1.807) is 6.20 Å². The number of aromatic nitrogens is 2. The predicted molar refractivity (Wildman–Crippen MR) is 65.2 cm³/mol. The van der Waals surface area contributed by atoms with E-state index < -0.39 is 0 Å². The number of hydrogen-bond acceptors (Lipinski definition) is 4. The second-order valence-corrected chi connectivity index (χ2v) is 4.65. The van der Waals surface area contributed by atoms with Crippen LogP contribution in [0.25, 0.3) is 0 Å². The van der Waals surface area contributed by atoms with E-state index in [2.05, 4.69) is 15.5 Å². The number of aryl methyl sites for hydroxylation is 1. The van der Waals surface area contributed by atoms with Gasteiger partial charge in [0.2, 0.25) is 0 Å². The van der Waals surface area contributed by atoms with Crippen molar-refractivity contribution in [3.8, 4) is 0 Å². The Labute approximate surface area is 96.6 Å². The van der Waals surface area contributed by atoms with E-state index in [1.165, 1.54) is 25.7 Å². The monoisotopic (exact) mass is 220 g/mol. The molecule has 88 valence electrons. The molecule has 1 aromatic rings. The van der Waals surface area contributed by atoms with Gasteiger partial charge < -0.3 is 11.1 Å². The van der Waals surface area contributed by atoms with Crippen molar-refractivity contribution in [1.29, 1.82) is 0 Å². The summed E-state index contributed by atoms with van der Waals surface area (Å²) in [5.41, 5.74) is 6.95. The first-order chi connectivity index (χ1) is 7.79. The quantitative estimate of drug-likeness (QED) is 0.811. The molecule has 1 aromatic heterocycles. The van der Waals surface area contributed by atoms with Gasteiger partial charge in [-0.05, 0) is 37.3 Å². The van der Waals surface area contributed by atoms with Crippen LogP contribution in [-0.4, -0.2) is 22.8 Å². The number of anilines is 1. The average molecular weight is 220 g/mol. The standard InChI is InChI=1S/C12H20N4/c1-9-6-12(16-14-8-9)15-11(7-13)10-4-2-3-5-10/h6,8,10-11H,2-5,7,13H2,1H3,(H,15,16). The molecular formula is C12H20N4. The lowest BCUT2D eigenvalue weighted by atomic mass is 9.98. The first-order valence-corrected chi connectivity index (χ1v) is 6.05. The van der Waals surface area contributed by atoms with Gasteiger partial charge in [0.1, 0.15) is 5.82 Å². The van der Waals surface area contributed by atoms with Crippen LogP contribution in [0.1, 0.15) is 31.2 Å². The molecule has 1 aliphatic carbocycles. The SMILES string of the molecule is Cc1cnnc(NC(CN)C2CCCC2)c1. The summed E-state index contributed by atoms with van der Waals surface area (Å²) in [7, 11) is 0. The fourth-order valence-electron chi connectivity index (χ4n) is 2.45. The van der Waals surface area contributed by atoms with Gasteiger partial charge >= 0.3 is 0 Å². The summed E-state index contributed by atoms with van der Waals surface area (Å²) in [4.78, 5) is 0. The molecular weight excluding hydrogens is 200 g/mol. The van der Waals surface area contributed by atoms with E-state index in [0.29, 0.717) is 18.5 Å². The lowest BCUT2D eigenvalue weighted by Crippen LogP contribution is -2.35. The highest BCUT2D eigenvalue weighted by Crippen LogP contribution is 2.28. The van der Waals surface area contributed by atoms with Gasteiger partial charge in [-0.2, -0.15) is 5.10 Å². The molecule has 1 saturated carbocycles. The van der Waals surface area contributed by atoms with Gasteiger partial charge in [-0.25, -0.2) is 0 Å². The topological polar surface area (TPSA) is 63.8 Å². The average Bonchev–Trinajstić information content (AvgIpc) is 2.79. The minimum absolute atomic E-state index is 0.346. The number of hydrogen-bond donors (Lipinski definition) is 2. The Morgan fingerprint density at radius 1 is 1.50 bits per heavy atom. The fraction of sp³-hybridized carbons (Fsp3) is 0.667. The molecule has 1 heterocycles. The fourth-order valence-corrected chi connectivity index (χ4v) is 2.45. The Balaban J connectivity index is 2.00. The van der Waals surface area contributed by atoms with E-state index in [4.69, 9.17) is 5.73 Å². The van der Waals surface area contributed by atoms with E-state index in [0.717, 1.165) is 11.4 Å². The van der Waals surface area contributed by atoms with E-state index in [1.807, 2.05) is 13.0 Å². The molecule has 0 saturated heterocycles. The summed E-state index contributed by atoms with van der Waals surface area (Å²) in [6.07, 6.45) is 7.01. The molecule has 3 N–H and O–H groups in total. The molecule has 0 radical (unpaired) electrons. The zero-order valence-electron chi connectivity index (χ0n) is 9.82. The Morgan fingerprint density at radius 2 is 2.25 bits per heavy atom. The third-order valence-electron chi connectivity index (χ3n) is 3.35. The maximum atomic E-state index is 5.83. The van der Waals surface area contributed by atoms with Crippen molar-refractivity contribution >= 4 is 5.82 Å². The summed E-state index contributed by atoms with van der Waals surface area (Å²) >= 11 is 0. The Hall–Kier alpha value is -1.16. The summed E-state index contributed by atoms with van der Waals surface area (Å²) < 4.78 is 0. The molecule has 1 fully saturated rings. The number of rotatable bonds is 4. The molecule has 1 unspecified atom stereocenters. The highest BCUT2D eigenvalue weighted by atomic mass is 15.2. The normalized spacial score (nSPS) is 18.6. The van der Waals surface area contributed by atoms with Crippen LogP contribution in [0.15, 0.2) is 12.3 Å². The van der Waals surface area contributed by atoms with Crippen molar-refractivity contribution < 1.29 is 0 Å². The van der Waals surface area contributed by atoms with Crippen LogP contribution in [0.5, 0.6) is 0 Å². The van der Waals surface area contributed by atoms with Gasteiger partial charge in [0, 0.05) is 12.6 Å². The minimum atomic E-state index is 0.346. The zero-order valence-corrected chi connectivity index (χ0v) is 9.82. The first-order valence-electron chi connectivity index (χ1n) is 6.05. The maximum Gasteiger partial charge on any atom is 0.149 e. The summed E-state index contributed by atoms with van der Waals surface area (Å²) in [5.74, 6) is 1.55. The van der Waals surface area contributed by atoms with Crippen LogP contribution in [-0.2, 0) is 0 Å². The van der Waals surface area contributed by atoms with Crippen molar-refractivity contribution in [3.63, 3.8) is 0 Å². The molecule has 1 atom stereocenters. The lowest BCUT2D eigenvalue weighted by molar-refractivity contribution is 0.461. The molecule has 0 spiro atoms. The Morgan fingerprint density at radius 3 is 2.88 bits per heavy atom. The molecule has 2 rings (SSSR count). The van der Waals surface area contributed by atoms with E-state index in [9.17, 15) is 0 Å². The highest BCUT2D eigenvalue weighted by Gasteiger charge is 2.24. The van der Waals surface area contributed by atoms with Crippen molar-refractivity contribution in [2.24, 2.45) is 11.7 Å². The van der Waals surface area contributed by atoms with Gasteiger partial charge in [-0.1, -0.05) is 12.8 Å². The minimum Gasteiger partial charge on any atom is -0.364 e. The van der Waals surface area contributed by atoms with Gasteiger partial charge in [0.05, 0.1) is 6.20 Å². The van der Waals surface area contributed by atoms with Crippen LogP contribution in [0.3, 0.4) is 0 Å². The number of nitrogens with zero attached hydrogens (tertiary/aromatic N) is 2. The third kappa shape index (κ3) is 2.70. The first kappa shape index (κ1) is 11.3. The summed E-state index contributed by atoms with van der Waals surface area (Å²) in [5, 5.41) is 11.4. The Kier molecular flexibility index (Phi) is 3.72. The number of nitrogens with two attached hydrogens (primary N) is 1. The van der Waals surface area contributed by atoms with Gasteiger partial charge in [0.15, 0.2) is 0 Å². The van der Waals surface area contributed by atoms with Crippen molar-refractivity contribution in [3.05, 3.63) is 17.8 Å². The van der Waals surface area contributed by atoms with Crippen molar-refractivity contribution in [1.82, 2.24) is 10.2 Å². The van der Waals surface area contributed by atoms with Crippen LogP contribution >= 0.6 is 0 Å². The molecule has 4 nitrogen and oxygen atoms in total. The lowest BCUT2D eigenvalue weighted by Gasteiger charge is -2.23. The predicted octanol–water partition coefficient (Wildman–Crippen LogP) is 1.71.